The van der Waals surface area contributed by atoms with Crippen molar-refractivity contribution in [2.75, 3.05) is 11.1 Å². The molecule has 0 saturated heterocycles. The van der Waals surface area contributed by atoms with Crippen LogP contribution in [-0.4, -0.2) is 15.7 Å². The first kappa shape index (κ1) is 12.6. The van der Waals surface area contributed by atoms with Gasteiger partial charge in [-0.3, -0.25) is 9.48 Å². The van der Waals surface area contributed by atoms with E-state index in [1.54, 1.807) is 35.3 Å². The van der Waals surface area contributed by atoms with Crippen LogP contribution in [0.3, 0.4) is 0 Å². The van der Waals surface area contributed by atoms with Crippen LogP contribution in [0.1, 0.15) is 17.3 Å². The highest BCUT2D eigenvalue weighted by atomic mass is 79.9. The molecule has 1 heterocycles. The first-order chi connectivity index (χ1) is 8.60. The summed E-state index contributed by atoms with van der Waals surface area (Å²) >= 11 is 3.33. The Kier molecular flexibility index (Phi) is 3.66. The summed E-state index contributed by atoms with van der Waals surface area (Å²) in [5.41, 5.74) is 7.38. The van der Waals surface area contributed by atoms with Crippen molar-refractivity contribution in [2.24, 2.45) is 0 Å². The third-order valence-electron chi connectivity index (χ3n) is 2.45. The quantitative estimate of drug-likeness (QED) is 0.856. The number of carbonyl (C=O) groups excluding carboxylic acids is 1. The number of nitrogen functional groups attached to an aromatic ring is 1. The summed E-state index contributed by atoms with van der Waals surface area (Å²) in [5, 5.41) is 6.86. The second-order valence-corrected chi connectivity index (χ2v) is 4.63. The molecule has 3 N–H and O–H groups in total. The van der Waals surface area contributed by atoms with Crippen molar-refractivity contribution in [3.8, 4) is 0 Å². The molecular weight excluding hydrogens is 296 g/mol. The second-order valence-electron chi connectivity index (χ2n) is 3.78. The lowest BCUT2D eigenvalue weighted by atomic mass is 10.2. The third-order valence-corrected chi connectivity index (χ3v) is 3.14. The molecule has 6 heteroatoms. The monoisotopic (exact) mass is 308 g/mol. The van der Waals surface area contributed by atoms with E-state index < -0.39 is 0 Å². The lowest BCUT2D eigenvalue weighted by Crippen LogP contribution is -2.12. The van der Waals surface area contributed by atoms with Crippen LogP contribution in [-0.2, 0) is 6.54 Å². The lowest BCUT2D eigenvalue weighted by molar-refractivity contribution is 0.102. The molecule has 0 aliphatic carbocycles. The van der Waals surface area contributed by atoms with Crippen molar-refractivity contribution < 1.29 is 4.79 Å². The van der Waals surface area contributed by atoms with Gasteiger partial charge in [0.1, 0.15) is 0 Å². The molecule has 1 aromatic carbocycles. The maximum Gasteiger partial charge on any atom is 0.256 e. The Morgan fingerprint density at radius 3 is 3.00 bits per heavy atom. The molecule has 0 radical (unpaired) electrons. The van der Waals surface area contributed by atoms with Gasteiger partial charge >= 0.3 is 0 Å². The number of hydrogen-bond acceptors (Lipinski definition) is 3. The van der Waals surface area contributed by atoms with E-state index in [1.807, 2.05) is 6.92 Å². The first-order valence-corrected chi connectivity index (χ1v) is 6.28. The number of halogens is 1. The van der Waals surface area contributed by atoms with Crippen molar-refractivity contribution in [2.45, 2.75) is 13.5 Å². The number of carbonyl (C=O) groups is 1. The minimum atomic E-state index is -0.218. The molecule has 0 spiro atoms. The molecule has 0 unspecified atom stereocenters. The summed E-state index contributed by atoms with van der Waals surface area (Å²) < 4.78 is 2.45. The number of rotatable bonds is 3. The Morgan fingerprint density at radius 1 is 1.56 bits per heavy atom. The molecule has 2 aromatic rings. The van der Waals surface area contributed by atoms with E-state index in [9.17, 15) is 4.79 Å². The number of anilines is 2. The fourth-order valence-electron chi connectivity index (χ4n) is 1.52. The molecule has 18 heavy (non-hydrogen) atoms. The Hall–Kier alpha value is -1.82. The zero-order chi connectivity index (χ0) is 13.1. The lowest BCUT2D eigenvalue weighted by Gasteiger charge is -2.05. The number of aryl methyl sites for hydroxylation is 1. The average molecular weight is 309 g/mol. The smallest absolute Gasteiger partial charge is 0.256 e. The fraction of sp³-hybridized carbons (Fsp3) is 0.167. The van der Waals surface area contributed by atoms with Crippen LogP contribution in [0.4, 0.5) is 11.4 Å². The van der Waals surface area contributed by atoms with E-state index in [0.29, 0.717) is 21.4 Å². The van der Waals surface area contributed by atoms with Gasteiger partial charge < -0.3 is 11.1 Å². The van der Waals surface area contributed by atoms with E-state index in [-0.39, 0.29) is 5.91 Å². The van der Waals surface area contributed by atoms with E-state index in [1.165, 1.54) is 0 Å². The molecule has 0 bridgehead atoms. The van der Waals surface area contributed by atoms with Crippen LogP contribution in [0.15, 0.2) is 35.1 Å². The summed E-state index contributed by atoms with van der Waals surface area (Å²) in [6, 6.07) is 5.11. The summed E-state index contributed by atoms with van der Waals surface area (Å²) in [7, 11) is 0. The van der Waals surface area contributed by atoms with Crippen LogP contribution in [0.5, 0.6) is 0 Å². The zero-order valence-electron chi connectivity index (χ0n) is 9.85. The molecule has 0 aliphatic heterocycles. The fourth-order valence-corrected chi connectivity index (χ4v) is 1.94. The minimum absolute atomic E-state index is 0.218. The maximum absolute atomic E-state index is 12.1. The van der Waals surface area contributed by atoms with Gasteiger partial charge in [-0.25, -0.2) is 0 Å². The Labute approximate surface area is 113 Å². The molecule has 0 atom stereocenters. The molecule has 2 rings (SSSR count). The number of nitrogens with two attached hydrogens (primary N) is 1. The Morgan fingerprint density at radius 2 is 2.33 bits per heavy atom. The predicted molar refractivity (Wildman–Crippen MR) is 74.4 cm³/mol. The molecule has 94 valence electrons. The first-order valence-electron chi connectivity index (χ1n) is 5.49. The van der Waals surface area contributed by atoms with Crippen LogP contribution in [0.2, 0.25) is 0 Å². The van der Waals surface area contributed by atoms with Crippen LogP contribution in [0.25, 0.3) is 0 Å². The maximum atomic E-state index is 12.1. The van der Waals surface area contributed by atoms with Gasteiger partial charge in [0.05, 0.1) is 17.4 Å². The molecule has 5 nitrogen and oxygen atoms in total. The highest BCUT2D eigenvalue weighted by Crippen LogP contribution is 2.20. The Bertz CT molecular complexity index is 579. The van der Waals surface area contributed by atoms with Gasteiger partial charge in [0.2, 0.25) is 0 Å². The molecule has 0 aliphatic rings. The van der Waals surface area contributed by atoms with Crippen LogP contribution in [0, 0.1) is 0 Å². The molecule has 0 saturated carbocycles. The van der Waals surface area contributed by atoms with Gasteiger partial charge in [0, 0.05) is 22.9 Å². The van der Waals surface area contributed by atoms with Crippen molar-refractivity contribution >= 4 is 33.2 Å². The van der Waals surface area contributed by atoms with Crippen molar-refractivity contribution in [1.29, 1.82) is 0 Å². The highest BCUT2D eigenvalue weighted by molar-refractivity contribution is 9.10. The minimum Gasteiger partial charge on any atom is -0.399 e. The summed E-state index contributed by atoms with van der Waals surface area (Å²) in [4.78, 5) is 12.1. The van der Waals surface area contributed by atoms with Gasteiger partial charge in [-0.1, -0.05) is 0 Å². The number of nitrogens with one attached hydrogen (secondary N) is 1. The van der Waals surface area contributed by atoms with Gasteiger partial charge in [0.25, 0.3) is 5.91 Å². The van der Waals surface area contributed by atoms with Gasteiger partial charge in [-0.2, -0.15) is 5.10 Å². The summed E-state index contributed by atoms with van der Waals surface area (Å²) in [6.07, 6.45) is 3.39. The van der Waals surface area contributed by atoms with E-state index >= 15 is 0 Å². The van der Waals surface area contributed by atoms with Crippen molar-refractivity contribution in [3.63, 3.8) is 0 Å². The Balaban J connectivity index is 2.19. The van der Waals surface area contributed by atoms with E-state index in [4.69, 9.17) is 5.73 Å². The molecule has 1 amide bonds. The van der Waals surface area contributed by atoms with Crippen LogP contribution >= 0.6 is 15.9 Å². The van der Waals surface area contributed by atoms with Crippen molar-refractivity contribution in [1.82, 2.24) is 9.78 Å². The standard InChI is InChI=1S/C12H13BrN4O/c1-2-17-7-9(6-15-17)16-12(18)10-5-8(14)3-4-11(10)13/h3-7H,2,14H2,1H3,(H,16,18). The van der Waals surface area contributed by atoms with E-state index in [2.05, 4.69) is 26.3 Å². The number of amides is 1. The second kappa shape index (κ2) is 5.22. The normalized spacial score (nSPS) is 10.3. The number of hydrogen-bond donors (Lipinski definition) is 2. The van der Waals surface area contributed by atoms with Crippen LogP contribution < -0.4 is 11.1 Å². The van der Waals surface area contributed by atoms with E-state index in [0.717, 1.165) is 6.54 Å². The SMILES string of the molecule is CCn1cc(NC(=O)c2cc(N)ccc2Br)cn1. The highest BCUT2D eigenvalue weighted by Gasteiger charge is 2.11. The number of aromatic nitrogens is 2. The predicted octanol–water partition coefficient (Wildman–Crippen LogP) is 2.50. The zero-order valence-corrected chi connectivity index (χ0v) is 11.4. The summed E-state index contributed by atoms with van der Waals surface area (Å²) in [5.74, 6) is -0.218. The summed E-state index contributed by atoms with van der Waals surface area (Å²) in [6.45, 7) is 2.74. The molecular formula is C12H13BrN4O. The molecule has 1 aromatic heterocycles. The molecule has 0 fully saturated rings. The van der Waals surface area contributed by atoms with Crippen molar-refractivity contribution in [3.05, 3.63) is 40.6 Å². The van der Waals surface area contributed by atoms with Gasteiger partial charge in [0.15, 0.2) is 0 Å². The third kappa shape index (κ3) is 2.70. The topological polar surface area (TPSA) is 72.9 Å². The number of nitrogens with zero attached hydrogens (tertiary/aromatic N) is 2. The largest absolute Gasteiger partial charge is 0.399 e. The average Bonchev–Trinajstić information content (AvgIpc) is 2.80. The van der Waals surface area contributed by atoms with Gasteiger partial charge in [-0.15, -0.1) is 0 Å². The van der Waals surface area contributed by atoms with Gasteiger partial charge in [-0.05, 0) is 41.1 Å². The number of benzene rings is 1.